The van der Waals surface area contributed by atoms with Gasteiger partial charge in [-0.2, -0.15) is 4.98 Å². The second kappa shape index (κ2) is 2.26. The first-order valence-electron chi connectivity index (χ1n) is 2.15. The number of nitrogens with zero attached hydrogens (tertiary/aromatic N) is 2. The van der Waals surface area contributed by atoms with Gasteiger partial charge >= 0.3 is 0 Å². The Labute approximate surface area is 47.0 Å². The molecule has 0 atom stereocenters. The highest BCUT2D eigenvalue weighted by Gasteiger charge is 1.90. The maximum atomic E-state index is 4.43. The van der Waals surface area contributed by atoms with Gasteiger partial charge in [0.25, 0.3) is 0 Å². The summed E-state index contributed by atoms with van der Waals surface area (Å²) in [7, 11) is 0. The SMILES string of the molecule is C=C[CH]c1ncon1. The third-order valence-electron chi connectivity index (χ3n) is 0.645. The molecule has 41 valence electrons. The van der Waals surface area contributed by atoms with Crippen LogP contribution < -0.4 is 0 Å². The van der Waals surface area contributed by atoms with Gasteiger partial charge in [0.2, 0.25) is 6.39 Å². The third kappa shape index (κ3) is 0.932. The average Bonchev–Trinajstić information content (AvgIpc) is 2.19. The van der Waals surface area contributed by atoms with E-state index in [2.05, 4.69) is 21.2 Å². The van der Waals surface area contributed by atoms with Gasteiger partial charge in [0.15, 0.2) is 5.82 Å². The largest absolute Gasteiger partial charge is 0.343 e. The molecule has 1 aromatic heterocycles. The summed E-state index contributed by atoms with van der Waals surface area (Å²) >= 11 is 0. The smallest absolute Gasteiger partial charge is 0.213 e. The normalized spacial score (nSPS) is 9.00. The first-order chi connectivity index (χ1) is 3.93. The number of hydrogen-bond acceptors (Lipinski definition) is 3. The summed E-state index contributed by atoms with van der Waals surface area (Å²) in [4.78, 5) is 3.70. The highest BCUT2D eigenvalue weighted by Crippen LogP contribution is 1.91. The Morgan fingerprint density at radius 3 is 3.12 bits per heavy atom. The zero-order chi connectivity index (χ0) is 5.82. The van der Waals surface area contributed by atoms with Crippen LogP contribution in [0.3, 0.4) is 0 Å². The molecule has 0 aromatic carbocycles. The summed E-state index contributed by atoms with van der Waals surface area (Å²) in [6.07, 6.45) is 4.53. The molecule has 1 aromatic rings. The zero-order valence-corrected chi connectivity index (χ0v) is 4.24. The van der Waals surface area contributed by atoms with Gasteiger partial charge < -0.3 is 4.52 Å². The predicted octanol–water partition coefficient (Wildman–Crippen LogP) is 0.808. The van der Waals surface area contributed by atoms with Gasteiger partial charge in [-0.3, -0.25) is 0 Å². The molecule has 0 spiro atoms. The van der Waals surface area contributed by atoms with Gasteiger partial charge in [-0.1, -0.05) is 11.2 Å². The molecule has 0 amide bonds. The lowest BCUT2D eigenvalue weighted by molar-refractivity contribution is 0.414. The van der Waals surface area contributed by atoms with E-state index < -0.39 is 0 Å². The van der Waals surface area contributed by atoms with Crippen molar-refractivity contribution in [2.75, 3.05) is 0 Å². The summed E-state index contributed by atoms with van der Waals surface area (Å²) in [6, 6.07) is 0. The van der Waals surface area contributed by atoms with Gasteiger partial charge in [-0.25, -0.2) is 0 Å². The number of rotatable bonds is 2. The molecule has 0 saturated heterocycles. The molecular formula is C5H5N2O. The standard InChI is InChI=1S/C5H5N2O/c1-2-3-5-6-4-8-7-5/h2-4H,1H2. The van der Waals surface area contributed by atoms with Crippen LogP contribution in [0.1, 0.15) is 5.82 Å². The van der Waals surface area contributed by atoms with Crippen molar-refractivity contribution in [2.45, 2.75) is 0 Å². The van der Waals surface area contributed by atoms with E-state index in [0.717, 1.165) is 0 Å². The van der Waals surface area contributed by atoms with Crippen LogP contribution in [-0.2, 0) is 0 Å². The molecule has 3 heteroatoms. The van der Waals surface area contributed by atoms with E-state index in [1.165, 1.54) is 6.39 Å². The van der Waals surface area contributed by atoms with Crippen molar-refractivity contribution >= 4 is 0 Å². The van der Waals surface area contributed by atoms with Crippen LogP contribution in [0.15, 0.2) is 23.6 Å². The molecule has 8 heavy (non-hydrogen) atoms. The third-order valence-corrected chi connectivity index (χ3v) is 0.645. The van der Waals surface area contributed by atoms with Crippen molar-refractivity contribution in [1.29, 1.82) is 0 Å². The van der Waals surface area contributed by atoms with Gasteiger partial charge in [-0.15, -0.1) is 6.58 Å². The van der Waals surface area contributed by atoms with E-state index in [9.17, 15) is 0 Å². The molecule has 1 heterocycles. The molecule has 0 fully saturated rings. The van der Waals surface area contributed by atoms with Gasteiger partial charge in [0, 0.05) is 0 Å². The molecule has 1 radical (unpaired) electrons. The van der Waals surface area contributed by atoms with E-state index in [0.29, 0.717) is 5.82 Å². The minimum absolute atomic E-state index is 0.556. The number of hydrogen-bond donors (Lipinski definition) is 0. The fraction of sp³-hybridized carbons (Fsp3) is 0. The maximum absolute atomic E-state index is 4.43. The lowest BCUT2D eigenvalue weighted by Crippen LogP contribution is -1.77. The van der Waals surface area contributed by atoms with E-state index in [1.807, 2.05) is 0 Å². The molecule has 1 rings (SSSR count). The van der Waals surface area contributed by atoms with Crippen LogP contribution in [0.5, 0.6) is 0 Å². The summed E-state index contributed by atoms with van der Waals surface area (Å²) in [5.74, 6) is 0.556. The van der Waals surface area contributed by atoms with E-state index in [4.69, 9.17) is 0 Å². The van der Waals surface area contributed by atoms with Crippen LogP contribution in [0.2, 0.25) is 0 Å². The molecule has 3 nitrogen and oxygen atoms in total. The molecule has 0 N–H and O–H groups in total. The van der Waals surface area contributed by atoms with E-state index in [1.54, 1.807) is 12.5 Å². The Morgan fingerprint density at radius 2 is 2.62 bits per heavy atom. The molecule has 0 unspecified atom stereocenters. The van der Waals surface area contributed by atoms with Crippen molar-refractivity contribution in [1.82, 2.24) is 10.1 Å². The Bertz CT molecular complexity index is 157. The fourth-order valence-electron chi connectivity index (χ4n) is 0.358. The number of aromatic nitrogens is 2. The molecule has 0 saturated carbocycles. The zero-order valence-electron chi connectivity index (χ0n) is 4.24. The average molecular weight is 109 g/mol. The van der Waals surface area contributed by atoms with Crippen molar-refractivity contribution in [3.05, 3.63) is 31.3 Å². The second-order valence-corrected chi connectivity index (χ2v) is 1.19. The summed E-state index contributed by atoms with van der Waals surface area (Å²) < 4.78 is 4.43. The van der Waals surface area contributed by atoms with Crippen LogP contribution >= 0.6 is 0 Å². The molecule has 0 aliphatic carbocycles. The number of allylic oxidation sites excluding steroid dienone is 1. The Morgan fingerprint density at radius 1 is 1.75 bits per heavy atom. The Hall–Kier alpha value is -1.12. The van der Waals surface area contributed by atoms with Crippen molar-refractivity contribution in [3.8, 4) is 0 Å². The topological polar surface area (TPSA) is 38.9 Å². The minimum Gasteiger partial charge on any atom is -0.343 e. The summed E-state index contributed by atoms with van der Waals surface area (Å²) in [5.41, 5.74) is 0. The van der Waals surface area contributed by atoms with Crippen molar-refractivity contribution in [3.63, 3.8) is 0 Å². The van der Waals surface area contributed by atoms with Crippen molar-refractivity contribution in [2.24, 2.45) is 0 Å². The van der Waals surface area contributed by atoms with Crippen LogP contribution in [0.25, 0.3) is 0 Å². The monoisotopic (exact) mass is 109 g/mol. The van der Waals surface area contributed by atoms with Crippen LogP contribution in [0.4, 0.5) is 0 Å². The Kier molecular flexibility index (Phi) is 1.42. The first-order valence-corrected chi connectivity index (χ1v) is 2.15. The molecule has 0 bridgehead atoms. The fourth-order valence-corrected chi connectivity index (χ4v) is 0.358. The van der Waals surface area contributed by atoms with Crippen LogP contribution in [0, 0.1) is 6.42 Å². The minimum atomic E-state index is 0.556. The predicted molar refractivity (Wildman–Crippen MR) is 27.9 cm³/mol. The van der Waals surface area contributed by atoms with Crippen molar-refractivity contribution < 1.29 is 4.52 Å². The quantitative estimate of drug-likeness (QED) is 0.564. The highest BCUT2D eigenvalue weighted by molar-refractivity contribution is 5.06. The summed E-state index contributed by atoms with van der Waals surface area (Å²) in [6.45, 7) is 3.46. The molecule has 0 aliphatic heterocycles. The lowest BCUT2D eigenvalue weighted by Gasteiger charge is -1.75. The van der Waals surface area contributed by atoms with Gasteiger partial charge in [-0.05, 0) is 0 Å². The van der Waals surface area contributed by atoms with E-state index >= 15 is 0 Å². The summed E-state index contributed by atoms with van der Waals surface area (Å²) in [5, 5.41) is 3.49. The molecule has 0 aliphatic rings. The maximum Gasteiger partial charge on any atom is 0.213 e. The first kappa shape index (κ1) is 5.03. The van der Waals surface area contributed by atoms with Gasteiger partial charge in [0.05, 0.1) is 6.42 Å². The second-order valence-electron chi connectivity index (χ2n) is 1.19. The van der Waals surface area contributed by atoms with Crippen LogP contribution in [-0.4, -0.2) is 10.1 Å². The Balaban J connectivity index is 2.62. The molecular weight excluding hydrogens is 104 g/mol. The highest BCUT2D eigenvalue weighted by atomic mass is 16.5. The lowest BCUT2D eigenvalue weighted by atomic mass is 10.4. The van der Waals surface area contributed by atoms with E-state index in [-0.39, 0.29) is 0 Å². The van der Waals surface area contributed by atoms with Gasteiger partial charge in [0.1, 0.15) is 0 Å².